The number of nitrogens with zero attached hydrogens (tertiary/aromatic N) is 2. The smallest absolute Gasteiger partial charge is 0.293 e. The van der Waals surface area contributed by atoms with Gasteiger partial charge in [-0.3, -0.25) is 10.1 Å². The maximum Gasteiger partial charge on any atom is 0.293 e. The van der Waals surface area contributed by atoms with Crippen LogP contribution in [0.4, 0.5) is 11.4 Å². The van der Waals surface area contributed by atoms with Crippen LogP contribution in [0.2, 0.25) is 9.36 Å². The maximum atomic E-state index is 10.9. The highest BCUT2D eigenvalue weighted by Gasteiger charge is 2.14. The number of benzene rings is 1. The number of hydrogen-bond acceptors (Lipinski definition) is 5. The highest BCUT2D eigenvalue weighted by Crippen LogP contribution is 2.28. The molecule has 0 saturated carbocycles. The minimum atomic E-state index is -0.483. The van der Waals surface area contributed by atoms with Gasteiger partial charge in [0.2, 0.25) is 0 Å². The summed E-state index contributed by atoms with van der Waals surface area (Å²) in [5.74, 6) is 0. The van der Waals surface area contributed by atoms with Gasteiger partial charge in [0.25, 0.3) is 5.69 Å². The SMILES string of the molecule is O=[N+]([O-])c1cc(Cl)ccc1NCc1ncc(Cl)s1. The first kappa shape index (κ1) is 13.1. The summed E-state index contributed by atoms with van der Waals surface area (Å²) in [5.41, 5.74) is 0.334. The minimum Gasteiger partial charge on any atom is -0.373 e. The number of nitrogens with one attached hydrogen (secondary N) is 1. The third-order valence-electron chi connectivity index (χ3n) is 2.11. The molecule has 0 aliphatic heterocycles. The van der Waals surface area contributed by atoms with Gasteiger partial charge >= 0.3 is 0 Å². The van der Waals surface area contributed by atoms with Crippen molar-refractivity contribution in [2.24, 2.45) is 0 Å². The zero-order valence-electron chi connectivity index (χ0n) is 8.89. The molecule has 2 aromatic rings. The summed E-state index contributed by atoms with van der Waals surface area (Å²) in [6.45, 7) is 0.375. The number of rotatable bonds is 4. The van der Waals surface area contributed by atoms with E-state index in [4.69, 9.17) is 23.2 Å². The van der Waals surface area contributed by atoms with E-state index in [1.54, 1.807) is 18.3 Å². The average Bonchev–Trinajstić information content (AvgIpc) is 2.73. The summed E-state index contributed by atoms with van der Waals surface area (Å²) in [5, 5.41) is 14.9. The number of anilines is 1. The Hall–Kier alpha value is -1.37. The molecule has 8 heteroatoms. The molecule has 0 spiro atoms. The van der Waals surface area contributed by atoms with E-state index >= 15 is 0 Å². The summed E-state index contributed by atoms with van der Waals surface area (Å²) in [7, 11) is 0. The van der Waals surface area contributed by atoms with Crippen LogP contribution in [0.3, 0.4) is 0 Å². The van der Waals surface area contributed by atoms with Crippen molar-refractivity contribution in [3.8, 4) is 0 Å². The fourth-order valence-corrected chi connectivity index (χ4v) is 2.41. The van der Waals surface area contributed by atoms with Crippen LogP contribution < -0.4 is 5.32 Å². The zero-order valence-corrected chi connectivity index (χ0v) is 11.2. The van der Waals surface area contributed by atoms with Crippen LogP contribution in [0.5, 0.6) is 0 Å². The van der Waals surface area contributed by atoms with Crippen molar-refractivity contribution >= 4 is 45.9 Å². The van der Waals surface area contributed by atoms with Crippen molar-refractivity contribution in [1.29, 1.82) is 0 Å². The zero-order chi connectivity index (χ0) is 13.1. The van der Waals surface area contributed by atoms with Gasteiger partial charge in [0.05, 0.1) is 17.7 Å². The van der Waals surface area contributed by atoms with Gasteiger partial charge in [-0.15, -0.1) is 11.3 Å². The predicted molar refractivity (Wildman–Crippen MR) is 72.6 cm³/mol. The molecule has 1 aromatic heterocycles. The number of halogens is 2. The molecule has 0 saturated heterocycles. The Balaban J connectivity index is 2.16. The number of nitro benzene ring substituents is 1. The van der Waals surface area contributed by atoms with Gasteiger partial charge in [-0.25, -0.2) is 4.98 Å². The molecule has 18 heavy (non-hydrogen) atoms. The van der Waals surface area contributed by atoms with Gasteiger partial charge in [-0.1, -0.05) is 23.2 Å². The molecular weight excluding hydrogens is 297 g/mol. The normalized spacial score (nSPS) is 10.3. The van der Waals surface area contributed by atoms with E-state index in [2.05, 4.69) is 10.3 Å². The second-order valence-electron chi connectivity index (χ2n) is 3.33. The molecule has 0 amide bonds. The lowest BCUT2D eigenvalue weighted by molar-refractivity contribution is -0.383. The molecule has 1 N–H and O–H groups in total. The van der Waals surface area contributed by atoms with E-state index in [0.717, 1.165) is 5.01 Å². The first-order valence-electron chi connectivity index (χ1n) is 4.84. The molecule has 1 heterocycles. The molecule has 5 nitrogen and oxygen atoms in total. The van der Waals surface area contributed by atoms with Crippen molar-refractivity contribution in [2.75, 3.05) is 5.32 Å². The number of hydrogen-bond donors (Lipinski definition) is 1. The molecule has 0 fully saturated rings. The van der Waals surface area contributed by atoms with Crippen LogP contribution in [0.1, 0.15) is 5.01 Å². The molecular formula is C10H7Cl2N3O2S. The van der Waals surface area contributed by atoms with E-state index in [-0.39, 0.29) is 5.69 Å². The predicted octanol–water partition coefficient (Wildman–Crippen LogP) is 3.97. The van der Waals surface area contributed by atoms with Gasteiger partial charge in [-0.05, 0) is 12.1 Å². The van der Waals surface area contributed by atoms with Gasteiger partial charge in [0.15, 0.2) is 0 Å². The largest absolute Gasteiger partial charge is 0.373 e. The minimum absolute atomic E-state index is 0.0647. The fraction of sp³-hybridized carbons (Fsp3) is 0.100. The van der Waals surface area contributed by atoms with Crippen LogP contribution >= 0.6 is 34.5 Å². The molecule has 0 bridgehead atoms. The highest BCUT2D eigenvalue weighted by molar-refractivity contribution is 7.15. The summed E-state index contributed by atoms with van der Waals surface area (Å²) in [4.78, 5) is 14.4. The van der Waals surface area contributed by atoms with Crippen molar-refractivity contribution in [3.63, 3.8) is 0 Å². The second-order valence-corrected chi connectivity index (χ2v) is 5.51. The van der Waals surface area contributed by atoms with E-state index < -0.39 is 4.92 Å². The molecule has 2 rings (SSSR count). The topological polar surface area (TPSA) is 68.1 Å². The van der Waals surface area contributed by atoms with Crippen LogP contribution in [-0.4, -0.2) is 9.91 Å². The van der Waals surface area contributed by atoms with Crippen LogP contribution in [0, 0.1) is 10.1 Å². The second kappa shape index (κ2) is 5.51. The molecule has 0 unspecified atom stereocenters. The van der Waals surface area contributed by atoms with Gasteiger partial charge < -0.3 is 5.32 Å². The van der Waals surface area contributed by atoms with E-state index in [0.29, 0.717) is 21.6 Å². The van der Waals surface area contributed by atoms with Crippen molar-refractivity contribution in [1.82, 2.24) is 4.98 Å². The summed E-state index contributed by atoms with van der Waals surface area (Å²) in [6.07, 6.45) is 1.54. The third kappa shape index (κ3) is 3.10. The number of nitro groups is 1. The third-order valence-corrected chi connectivity index (χ3v) is 3.46. The molecule has 0 radical (unpaired) electrons. The quantitative estimate of drug-likeness (QED) is 0.685. The number of aromatic nitrogens is 1. The standard InChI is InChI=1S/C10H7Cl2N3O2S/c11-6-1-2-7(8(3-6)15(16)17)13-5-10-14-4-9(12)18-10/h1-4,13H,5H2. The first-order chi connectivity index (χ1) is 8.56. The highest BCUT2D eigenvalue weighted by atomic mass is 35.5. The lowest BCUT2D eigenvalue weighted by Gasteiger charge is -2.05. The van der Waals surface area contributed by atoms with Gasteiger partial charge in [0.1, 0.15) is 15.0 Å². The number of thiazole rings is 1. The van der Waals surface area contributed by atoms with E-state index in [1.807, 2.05) is 0 Å². The van der Waals surface area contributed by atoms with E-state index in [9.17, 15) is 10.1 Å². The van der Waals surface area contributed by atoms with Crippen LogP contribution in [-0.2, 0) is 6.54 Å². The van der Waals surface area contributed by atoms with Gasteiger partial charge in [0, 0.05) is 11.1 Å². The molecule has 0 aliphatic carbocycles. The van der Waals surface area contributed by atoms with Gasteiger partial charge in [-0.2, -0.15) is 0 Å². The molecule has 1 aromatic carbocycles. The molecule has 0 aliphatic rings. The Morgan fingerprint density at radius 3 is 2.83 bits per heavy atom. The Labute approximate surface area is 117 Å². The lowest BCUT2D eigenvalue weighted by atomic mass is 10.2. The molecule has 94 valence electrons. The maximum absolute atomic E-state index is 10.9. The van der Waals surface area contributed by atoms with Crippen LogP contribution in [0.15, 0.2) is 24.4 Å². The summed E-state index contributed by atoms with van der Waals surface area (Å²) >= 11 is 12.8. The van der Waals surface area contributed by atoms with Crippen molar-refractivity contribution < 1.29 is 4.92 Å². The summed E-state index contributed by atoms with van der Waals surface area (Å²) < 4.78 is 0.581. The summed E-state index contributed by atoms with van der Waals surface area (Å²) in [6, 6.07) is 4.46. The Morgan fingerprint density at radius 2 is 2.22 bits per heavy atom. The Morgan fingerprint density at radius 1 is 1.44 bits per heavy atom. The first-order valence-corrected chi connectivity index (χ1v) is 6.41. The molecule has 0 atom stereocenters. The Kier molecular flexibility index (Phi) is 4.00. The lowest BCUT2D eigenvalue weighted by Crippen LogP contribution is -2.02. The average molecular weight is 304 g/mol. The van der Waals surface area contributed by atoms with Crippen LogP contribution in [0.25, 0.3) is 0 Å². The van der Waals surface area contributed by atoms with Crippen molar-refractivity contribution in [2.45, 2.75) is 6.54 Å². The van der Waals surface area contributed by atoms with Crippen molar-refractivity contribution in [3.05, 3.63) is 48.9 Å². The van der Waals surface area contributed by atoms with E-state index in [1.165, 1.54) is 17.4 Å². The fourth-order valence-electron chi connectivity index (χ4n) is 1.35. The monoisotopic (exact) mass is 303 g/mol. The Bertz CT molecular complexity index is 588.